The molecule has 4 nitrogen and oxygen atoms in total. The fraction of sp³-hybridized carbons (Fsp3) is 0.182. The highest BCUT2D eigenvalue weighted by atomic mass is 79.9. The predicted molar refractivity (Wildman–Crippen MR) is 69.8 cm³/mol. The van der Waals surface area contributed by atoms with Crippen molar-refractivity contribution in [1.29, 1.82) is 0 Å². The molecule has 3 N–H and O–H groups in total. The van der Waals surface area contributed by atoms with E-state index in [-0.39, 0.29) is 0 Å². The van der Waals surface area contributed by atoms with Crippen LogP contribution in [-0.2, 0) is 7.05 Å². The number of nitrogens with one attached hydrogen (secondary N) is 1. The van der Waals surface area contributed by atoms with E-state index in [1.807, 2.05) is 32.2 Å². The molecule has 1 heterocycles. The number of rotatable bonds is 2. The summed E-state index contributed by atoms with van der Waals surface area (Å²) < 4.78 is 2.71. The Morgan fingerprint density at radius 2 is 2.19 bits per heavy atom. The molecule has 1 aromatic carbocycles. The zero-order valence-electron chi connectivity index (χ0n) is 9.16. The van der Waals surface area contributed by atoms with Crippen LogP contribution in [0.15, 0.2) is 28.9 Å². The first-order valence-corrected chi connectivity index (χ1v) is 5.68. The van der Waals surface area contributed by atoms with Crippen LogP contribution in [0.3, 0.4) is 0 Å². The molecule has 0 atom stereocenters. The number of aromatic nitrogens is 2. The summed E-state index contributed by atoms with van der Waals surface area (Å²) in [6.07, 6.45) is 1.77. The molecule has 0 saturated carbocycles. The molecule has 0 aliphatic rings. The van der Waals surface area contributed by atoms with Crippen molar-refractivity contribution in [3.8, 4) is 0 Å². The summed E-state index contributed by atoms with van der Waals surface area (Å²) in [5.41, 5.74) is 8.61. The highest BCUT2D eigenvalue weighted by molar-refractivity contribution is 9.10. The zero-order valence-corrected chi connectivity index (χ0v) is 10.7. The van der Waals surface area contributed by atoms with Crippen molar-refractivity contribution in [2.75, 3.05) is 11.1 Å². The molecule has 0 unspecified atom stereocenters. The zero-order chi connectivity index (χ0) is 11.7. The van der Waals surface area contributed by atoms with Gasteiger partial charge >= 0.3 is 0 Å². The molecule has 1 aromatic heterocycles. The average Bonchev–Trinajstić information content (AvgIpc) is 2.51. The molecule has 0 bridgehead atoms. The Balaban J connectivity index is 2.33. The van der Waals surface area contributed by atoms with E-state index in [4.69, 9.17) is 5.73 Å². The molecular weight excluding hydrogens is 268 g/mol. The molecule has 2 rings (SSSR count). The maximum atomic E-state index is 5.82. The van der Waals surface area contributed by atoms with E-state index in [0.717, 1.165) is 15.7 Å². The Morgan fingerprint density at radius 3 is 2.81 bits per heavy atom. The number of hydrogen-bond acceptors (Lipinski definition) is 3. The van der Waals surface area contributed by atoms with E-state index in [2.05, 4.69) is 26.3 Å². The van der Waals surface area contributed by atoms with Gasteiger partial charge in [0.15, 0.2) is 5.82 Å². The highest BCUT2D eigenvalue weighted by Gasteiger charge is 2.06. The Hall–Kier alpha value is -1.49. The molecule has 0 aliphatic carbocycles. The van der Waals surface area contributed by atoms with Crippen LogP contribution in [0.25, 0.3) is 0 Å². The Morgan fingerprint density at radius 1 is 1.44 bits per heavy atom. The van der Waals surface area contributed by atoms with Crippen LogP contribution in [0.5, 0.6) is 0 Å². The number of hydrogen-bond donors (Lipinski definition) is 2. The maximum Gasteiger partial charge on any atom is 0.175 e. The van der Waals surface area contributed by atoms with Gasteiger partial charge < -0.3 is 11.1 Å². The van der Waals surface area contributed by atoms with Gasteiger partial charge in [-0.15, -0.1) is 0 Å². The second kappa shape index (κ2) is 4.17. The number of nitrogens with two attached hydrogens (primary N) is 1. The lowest BCUT2D eigenvalue weighted by molar-refractivity contribution is 0.771. The van der Waals surface area contributed by atoms with Crippen molar-refractivity contribution < 1.29 is 0 Å². The van der Waals surface area contributed by atoms with Crippen molar-refractivity contribution in [3.63, 3.8) is 0 Å². The Kier molecular flexibility index (Phi) is 2.87. The SMILES string of the molecule is Cc1ccc(Br)cc1Nc1nn(C)cc1N. The number of aryl methyl sites for hydroxylation is 2. The van der Waals surface area contributed by atoms with Gasteiger partial charge in [0.05, 0.1) is 5.69 Å². The fourth-order valence-corrected chi connectivity index (χ4v) is 1.82. The molecule has 16 heavy (non-hydrogen) atoms. The molecule has 0 saturated heterocycles. The molecule has 0 fully saturated rings. The van der Waals surface area contributed by atoms with E-state index in [1.54, 1.807) is 10.9 Å². The van der Waals surface area contributed by atoms with Gasteiger partial charge in [0.2, 0.25) is 0 Å². The van der Waals surface area contributed by atoms with E-state index in [1.165, 1.54) is 0 Å². The molecule has 2 aromatic rings. The van der Waals surface area contributed by atoms with Crippen molar-refractivity contribution in [2.45, 2.75) is 6.92 Å². The maximum absolute atomic E-state index is 5.82. The van der Waals surface area contributed by atoms with Crippen molar-refractivity contribution in [1.82, 2.24) is 9.78 Å². The summed E-state index contributed by atoms with van der Waals surface area (Å²) in [5, 5.41) is 7.46. The first kappa shape index (κ1) is 11.0. The summed E-state index contributed by atoms with van der Waals surface area (Å²) in [5.74, 6) is 0.684. The lowest BCUT2D eigenvalue weighted by Gasteiger charge is -2.08. The third kappa shape index (κ3) is 2.19. The predicted octanol–water partition coefficient (Wildman–Crippen LogP) is 2.82. The minimum absolute atomic E-state index is 0.641. The number of nitrogen functional groups attached to an aromatic ring is 1. The molecular formula is C11H13BrN4. The second-order valence-electron chi connectivity index (χ2n) is 3.69. The van der Waals surface area contributed by atoms with Crippen LogP contribution in [0.1, 0.15) is 5.56 Å². The van der Waals surface area contributed by atoms with Crippen LogP contribution in [0.4, 0.5) is 17.2 Å². The Labute approximate surface area is 103 Å². The molecule has 0 aliphatic heterocycles. The van der Waals surface area contributed by atoms with Crippen LogP contribution < -0.4 is 11.1 Å². The third-order valence-electron chi connectivity index (χ3n) is 2.31. The third-order valence-corrected chi connectivity index (χ3v) is 2.80. The summed E-state index contributed by atoms with van der Waals surface area (Å²) in [6, 6.07) is 6.04. The monoisotopic (exact) mass is 280 g/mol. The first-order chi connectivity index (χ1) is 7.56. The molecule has 5 heteroatoms. The summed E-state index contributed by atoms with van der Waals surface area (Å²) >= 11 is 3.44. The molecule has 0 radical (unpaired) electrons. The van der Waals surface area contributed by atoms with Crippen molar-refractivity contribution in [3.05, 3.63) is 34.4 Å². The van der Waals surface area contributed by atoms with Gasteiger partial charge in [-0.05, 0) is 24.6 Å². The summed E-state index contributed by atoms with van der Waals surface area (Å²) in [7, 11) is 1.84. The summed E-state index contributed by atoms with van der Waals surface area (Å²) in [6.45, 7) is 2.04. The van der Waals surface area contributed by atoms with E-state index >= 15 is 0 Å². The van der Waals surface area contributed by atoms with Gasteiger partial charge in [-0.25, -0.2) is 0 Å². The van der Waals surface area contributed by atoms with Crippen LogP contribution in [0, 0.1) is 6.92 Å². The average molecular weight is 281 g/mol. The number of anilines is 3. The van der Waals surface area contributed by atoms with Gasteiger partial charge in [-0.3, -0.25) is 4.68 Å². The number of halogens is 1. The molecule has 84 valence electrons. The van der Waals surface area contributed by atoms with E-state index in [9.17, 15) is 0 Å². The van der Waals surface area contributed by atoms with Gasteiger partial charge in [0, 0.05) is 23.4 Å². The minimum atomic E-state index is 0.641. The normalized spacial score (nSPS) is 10.4. The summed E-state index contributed by atoms with van der Waals surface area (Å²) in [4.78, 5) is 0. The Bertz CT molecular complexity index is 519. The highest BCUT2D eigenvalue weighted by Crippen LogP contribution is 2.26. The first-order valence-electron chi connectivity index (χ1n) is 4.88. The minimum Gasteiger partial charge on any atom is -0.394 e. The van der Waals surface area contributed by atoms with Crippen molar-refractivity contribution in [2.24, 2.45) is 7.05 Å². The van der Waals surface area contributed by atoms with Crippen LogP contribution in [0.2, 0.25) is 0 Å². The van der Waals surface area contributed by atoms with Crippen LogP contribution in [-0.4, -0.2) is 9.78 Å². The fourth-order valence-electron chi connectivity index (χ4n) is 1.46. The quantitative estimate of drug-likeness (QED) is 0.890. The van der Waals surface area contributed by atoms with Gasteiger partial charge in [-0.1, -0.05) is 22.0 Å². The topological polar surface area (TPSA) is 55.9 Å². The standard InChI is InChI=1S/C11H13BrN4/c1-7-3-4-8(12)5-10(7)14-11-9(13)6-16(2)15-11/h3-6H,13H2,1-2H3,(H,14,15). The number of benzene rings is 1. The molecule has 0 amide bonds. The van der Waals surface area contributed by atoms with E-state index in [0.29, 0.717) is 11.5 Å². The van der Waals surface area contributed by atoms with Crippen LogP contribution >= 0.6 is 15.9 Å². The van der Waals surface area contributed by atoms with Gasteiger partial charge in [-0.2, -0.15) is 5.10 Å². The lowest BCUT2D eigenvalue weighted by atomic mass is 10.2. The van der Waals surface area contributed by atoms with Gasteiger partial charge in [0.25, 0.3) is 0 Å². The van der Waals surface area contributed by atoms with Crippen molar-refractivity contribution >= 4 is 33.1 Å². The molecule has 0 spiro atoms. The second-order valence-corrected chi connectivity index (χ2v) is 4.61. The number of nitrogens with zero attached hydrogens (tertiary/aromatic N) is 2. The van der Waals surface area contributed by atoms with Gasteiger partial charge in [0.1, 0.15) is 0 Å². The lowest BCUT2D eigenvalue weighted by Crippen LogP contribution is -1.97. The largest absolute Gasteiger partial charge is 0.394 e. The smallest absolute Gasteiger partial charge is 0.175 e. The van der Waals surface area contributed by atoms with E-state index < -0.39 is 0 Å².